The fourth-order valence-electron chi connectivity index (χ4n) is 0.908. The Kier molecular flexibility index (Phi) is 4.91. The van der Waals surface area contributed by atoms with E-state index in [2.05, 4.69) is 32.5 Å². The maximum atomic E-state index is 3.76. The first-order chi connectivity index (χ1) is 4.72. The lowest BCUT2D eigenvalue weighted by Crippen LogP contribution is -1.92. The van der Waals surface area contributed by atoms with Gasteiger partial charge in [-0.05, 0) is 24.6 Å². The molecular formula is C9H17N. The maximum Gasteiger partial charge on any atom is 0.0255 e. The van der Waals surface area contributed by atoms with E-state index in [1.165, 1.54) is 12.0 Å². The van der Waals surface area contributed by atoms with E-state index in [0.29, 0.717) is 5.92 Å². The lowest BCUT2D eigenvalue weighted by atomic mass is 10.0. The molecule has 1 heteroatoms. The minimum atomic E-state index is 0.616. The summed E-state index contributed by atoms with van der Waals surface area (Å²) in [7, 11) is 0. The second-order valence-electron chi connectivity index (χ2n) is 2.79. The van der Waals surface area contributed by atoms with E-state index in [1.54, 1.807) is 0 Å². The molecule has 0 aliphatic rings. The van der Waals surface area contributed by atoms with E-state index < -0.39 is 0 Å². The molecule has 0 N–H and O–H groups in total. The van der Waals surface area contributed by atoms with Crippen LogP contribution in [0, 0.1) is 5.92 Å². The molecule has 10 heavy (non-hydrogen) atoms. The summed E-state index contributed by atoms with van der Waals surface area (Å²) < 4.78 is 0. The minimum Gasteiger partial charge on any atom is -0.273 e. The van der Waals surface area contributed by atoms with Crippen LogP contribution in [-0.2, 0) is 0 Å². The predicted molar refractivity (Wildman–Crippen MR) is 47.4 cm³/mol. The third kappa shape index (κ3) is 3.44. The number of hydrogen-bond acceptors (Lipinski definition) is 1. The largest absolute Gasteiger partial charge is 0.273 e. The van der Waals surface area contributed by atoms with Gasteiger partial charge in [0.05, 0.1) is 0 Å². The Balaban J connectivity index is 3.97. The van der Waals surface area contributed by atoms with Crippen LogP contribution in [0.5, 0.6) is 0 Å². The van der Waals surface area contributed by atoms with Gasteiger partial charge in [-0.2, -0.15) is 0 Å². The van der Waals surface area contributed by atoms with Crippen molar-refractivity contribution in [3.05, 3.63) is 11.8 Å². The monoisotopic (exact) mass is 139 g/mol. The Morgan fingerprint density at radius 2 is 2.20 bits per heavy atom. The summed E-state index contributed by atoms with van der Waals surface area (Å²) in [6, 6.07) is 0. The highest BCUT2D eigenvalue weighted by atomic mass is 14.6. The minimum absolute atomic E-state index is 0.616. The highest BCUT2D eigenvalue weighted by Crippen LogP contribution is 2.15. The van der Waals surface area contributed by atoms with Crippen LogP contribution in [0.4, 0.5) is 0 Å². The van der Waals surface area contributed by atoms with Gasteiger partial charge in [0.25, 0.3) is 0 Å². The van der Waals surface area contributed by atoms with Crippen LogP contribution in [0.3, 0.4) is 0 Å². The Hall–Kier alpha value is -0.590. The molecule has 0 aromatic carbocycles. The molecule has 0 heterocycles. The van der Waals surface area contributed by atoms with Crippen molar-refractivity contribution in [1.29, 1.82) is 0 Å². The predicted octanol–water partition coefficient (Wildman–Crippen LogP) is 3.03. The van der Waals surface area contributed by atoms with Crippen molar-refractivity contribution in [3.8, 4) is 0 Å². The Morgan fingerprint density at radius 1 is 1.60 bits per heavy atom. The van der Waals surface area contributed by atoms with Gasteiger partial charge in [0.15, 0.2) is 0 Å². The zero-order chi connectivity index (χ0) is 7.98. The van der Waals surface area contributed by atoms with Gasteiger partial charge in [0.1, 0.15) is 0 Å². The molecule has 0 atom stereocenters. The lowest BCUT2D eigenvalue weighted by molar-refractivity contribution is 0.699. The van der Waals surface area contributed by atoms with Crippen molar-refractivity contribution in [1.82, 2.24) is 0 Å². The summed E-state index contributed by atoms with van der Waals surface area (Å²) in [5.41, 5.74) is 1.40. The highest BCUT2D eigenvalue weighted by molar-refractivity contribution is 5.26. The average molecular weight is 139 g/mol. The second-order valence-corrected chi connectivity index (χ2v) is 2.79. The molecule has 1 nitrogen and oxygen atoms in total. The molecule has 0 radical (unpaired) electrons. The molecule has 0 aliphatic carbocycles. The zero-order valence-corrected chi connectivity index (χ0v) is 7.22. The van der Waals surface area contributed by atoms with E-state index in [0.717, 1.165) is 6.42 Å². The van der Waals surface area contributed by atoms with Crippen LogP contribution >= 0.6 is 0 Å². The van der Waals surface area contributed by atoms with Gasteiger partial charge in [0.2, 0.25) is 0 Å². The van der Waals surface area contributed by atoms with Crippen molar-refractivity contribution in [2.45, 2.75) is 33.6 Å². The molecular weight excluding hydrogens is 122 g/mol. The third-order valence-corrected chi connectivity index (χ3v) is 1.54. The van der Waals surface area contributed by atoms with Crippen molar-refractivity contribution >= 4 is 6.72 Å². The Bertz CT molecular complexity index is 123. The summed E-state index contributed by atoms with van der Waals surface area (Å²) in [6.07, 6.45) is 4.23. The molecule has 0 aliphatic heterocycles. The smallest absolute Gasteiger partial charge is 0.0255 e. The fourth-order valence-corrected chi connectivity index (χ4v) is 0.908. The van der Waals surface area contributed by atoms with E-state index in [4.69, 9.17) is 0 Å². The van der Waals surface area contributed by atoms with Crippen LogP contribution in [-0.4, -0.2) is 6.72 Å². The van der Waals surface area contributed by atoms with Gasteiger partial charge in [-0.25, -0.2) is 0 Å². The van der Waals surface area contributed by atoms with Gasteiger partial charge in [-0.15, -0.1) is 0 Å². The molecule has 0 unspecified atom stereocenters. The summed E-state index contributed by atoms with van der Waals surface area (Å²) in [5, 5.41) is 0. The van der Waals surface area contributed by atoms with Gasteiger partial charge < -0.3 is 0 Å². The normalized spacial score (nSPS) is 12.2. The van der Waals surface area contributed by atoms with E-state index in [1.807, 2.05) is 6.20 Å². The second kappa shape index (κ2) is 5.21. The number of allylic oxidation sites excluding steroid dienone is 1. The van der Waals surface area contributed by atoms with Gasteiger partial charge in [-0.1, -0.05) is 27.2 Å². The summed E-state index contributed by atoms with van der Waals surface area (Å²) in [6.45, 7) is 9.99. The van der Waals surface area contributed by atoms with Crippen LogP contribution in [0.15, 0.2) is 16.8 Å². The van der Waals surface area contributed by atoms with E-state index in [-0.39, 0.29) is 0 Å². The first-order valence-electron chi connectivity index (χ1n) is 3.87. The van der Waals surface area contributed by atoms with Crippen LogP contribution in [0.25, 0.3) is 0 Å². The van der Waals surface area contributed by atoms with Crippen LogP contribution in [0.1, 0.15) is 33.6 Å². The van der Waals surface area contributed by atoms with Gasteiger partial charge in [-0.3, -0.25) is 4.99 Å². The number of rotatable bonds is 4. The quantitative estimate of drug-likeness (QED) is 0.531. The van der Waals surface area contributed by atoms with Crippen molar-refractivity contribution in [2.24, 2.45) is 10.9 Å². The van der Waals surface area contributed by atoms with Gasteiger partial charge in [0, 0.05) is 6.20 Å². The summed E-state index contributed by atoms with van der Waals surface area (Å²) in [5.74, 6) is 0.616. The molecule has 0 spiro atoms. The molecule has 0 bridgehead atoms. The third-order valence-electron chi connectivity index (χ3n) is 1.54. The average Bonchev–Trinajstić information content (AvgIpc) is 1.87. The molecule has 0 aromatic heterocycles. The van der Waals surface area contributed by atoms with E-state index in [9.17, 15) is 0 Å². The fraction of sp³-hybridized carbons (Fsp3) is 0.667. The number of hydrogen-bond donors (Lipinski definition) is 0. The van der Waals surface area contributed by atoms with Crippen molar-refractivity contribution < 1.29 is 0 Å². The highest BCUT2D eigenvalue weighted by Gasteiger charge is 1.99. The Morgan fingerprint density at radius 3 is 2.50 bits per heavy atom. The molecule has 0 saturated carbocycles. The van der Waals surface area contributed by atoms with Crippen LogP contribution in [0.2, 0.25) is 0 Å². The first-order valence-corrected chi connectivity index (χ1v) is 3.87. The molecule has 0 aromatic rings. The summed E-state index contributed by atoms with van der Waals surface area (Å²) >= 11 is 0. The standard InChI is InChI=1S/C9H17N/c1-5-6-9(7-10-4)8(2)3/h7-8H,4-6H2,1-3H3/b9-7-. The molecule has 0 rings (SSSR count). The molecule has 0 fully saturated rings. The van der Waals surface area contributed by atoms with Gasteiger partial charge >= 0.3 is 0 Å². The first kappa shape index (κ1) is 9.41. The van der Waals surface area contributed by atoms with E-state index >= 15 is 0 Å². The topological polar surface area (TPSA) is 12.4 Å². The lowest BCUT2D eigenvalue weighted by Gasteiger charge is -2.07. The maximum absolute atomic E-state index is 3.76. The summed E-state index contributed by atoms with van der Waals surface area (Å²) in [4.78, 5) is 3.76. The molecule has 0 saturated heterocycles. The Labute approximate surface area is 63.9 Å². The number of nitrogens with zero attached hydrogens (tertiary/aromatic N) is 1. The molecule has 58 valence electrons. The van der Waals surface area contributed by atoms with Crippen LogP contribution < -0.4 is 0 Å². The van der Waals surface area contributed by atoms with Crippen molar-refractivity contribution in [2.75, 3.05) is 0 Å². The SMILES string of the molecule is C=N/C=C(/CCC)C(C)C. The van der Waals surface area contributed by atoms with Crippen molar-refractivity contribution in [3.63, 3.8) is 0 Å². The molecule has 0 amide bonds. The zero-order valence-electron chi connectivity index (χ0n) is 7.22. The number of aliphatic imine (C=N–C) groups is 1.